The van der Waals surface area contributed by atoms with Crippen molar-refractivity contribution in [3.8, 4) is 5.75 Å². The van der Waals surface area contributed by atoms with Crippen molar-refractivity contribution in [2.75, 3.05) is 50.8 Å². The molecule has 5 nitrogen and oxygen atoms in total. The van der Waals surface area contributed by atoms with Crippen LogP contribution in [0.4, 0.5) is 0 Å². The minimum absolute atomic E-state index is 0.150. The van der Waals surface area contributed by atoms with Crippen LogP contribution < -0.4 is 4.74 Å². The van der Waals surface area contributed by atoms with Crippen LogP contribution in [0.1, 0.15) is 50.7 Å². The van der Waals surface area contributed by atoms with E-state index < -0.39 is 0 Å². The number of nitrogens with zero attached hydrogens (tertiary/aromatic N) is 3. The van der Waals surface area contributed by atoms with Crippen molar-refractivity contribution in [3.05, 3.63) is 29.3 Å². The molecular weight excluding hydrogens is 406 g/mol. The number of piperidine rings is 1. The molecule has 2 fully saturated rings. The summed E-state index contributed by atoms with van der Waals surface area (Å²) >= 11 is 2.09. The molecule has 31 heavy (non-hydrogen) atoms. The van der Waals surface area contributed by atoms with Gasteiger partial charge < -0.3 is 9.64 Å². The molecule has 1 aromatic rings. The van der Waals surface area contributed by atoms with Crippen LogP contribution >= 0.6 is 11.8 Å². The number of carbonyl (C=O) groups is 1. The Labute approximate surface area is 192 Å². The Kier molecular flexibility index (Phi) is 8.18. The number of hydrogen-bond acceptors (Lipinski definition) is 5. The Morgan fingerprint density at radius 2 is 1.97 bits per heavy atom. The quantitative estimate of drug-likeness (QED) is 0.665. The zero-order valence-corrected chi connectivity index (χ0v) is 20.2. The molecule has 0 aromatic heterocycles. The lowest BCUT2D eigenvalue weighted by Gasteiger charge is -2.34. The van der Waals surface area contributed by atoms with E-state index in [4.69, 9.17) is 4.74 Å². The number of carbonyl (C=O) groups excluding carboxylic acids is 1. The maximum absolute atomic E-state index is 12.9. The average molecular weight is 446 g/mol. The first-order valence-electron chi connectivity index (χ1n) is 12.3. The van der Waals surface area contributed by atoms with E-state index in [0.29, 0.717) is 11.9 Å². The van der Waals surface area contributed by atoms with E-state index in [0.717, 1.165) is 71.0 Å². The highest BCUT2D eigenvalue weighted by molar-refractivity contribution is 7.99. The highest BCUT2D eigenvalue weighted by Gasteiger charge is 2.29. The van der Waals surface area contributed by atoms with E-state index in [1.165, 1.54) is 35.5 Å². The van der Waals surface area contributed by atoms with Gasteiger partial charge in [0.25, 0.3) is 0 Å². The number of benzene rings is 1. The minimum atomic E-state index is 0.150. The Bertz CT molecular complexity index is 733. The van der Waals surface area contributed by atoms with E-state index in [1.54, 1.807) is 0 Å². The van der Waals surface area contributed by atoms with E-state index in [2.05, 4.69) is 53.6 Å². The number of fused-ring (bicyclic) bond motifs is 1. The number of thioether (sulfide) groups is 1. The fourth-order valence-electron chi connectivity index (χ4n) is 5.38. The maximum Gasteiger partial charge on any atom is 0.226 e. The largest absolute Gasteiger partial charge is 0.492 e. The summed E-state index contributed by atoms with van der Waals surface area (Å²) < 4.78 is 6.10. The lowest BCUT2D eigenvalue weighted by molar-refractivity contribution is -0.137. The third kappa shape index (κ3) is 5.77. The van der Waals surface area contributed by atoms with Gasteiger partial charge in [-0.2, -0.15) is 11.8 Å². The van der Waals surface area contributed by atoms with Crippen LogP contribution in [0, 0.1) is 5.92 Å². The van der Waals surface area contributed by atoms with E-state index in [9.17, 15) is 4.79 Å². The summed E-state index contributed by atoms with van der Waals surface area (Å²) in [6.45, 7) is 11.5. The first-order chi connectivity index (χ1) is 15.2. The number of amides is 1. The Morgan fingerprint density at radius 3 is 2.74 bits per heavy atom. The molecule has 3 aliphatic rings. The van der Waals surface area contributed by atoms with Gasteiger partial charge in [-0.25, -0.2) is 0 Å². The van der Waals surface area contributed by atoms with Crippen molar-refractivity contribution in [1.29, 1.82) is 0 Å². The zero-order chi connectivity index (χ0) is 21.6. The average Bonchev–Trinajstić information content (AvgIpc) is 3.03. The minimum Gasteiger partial charge on any atom is -0.492 e. The molecule has 0 spiro atoms. The molecule has 4 rings (SSSR count). The molecular formula is C25H39N3O2S. The molecule has 1 atom stereocenters. The highest BCUT2D eigenvalue weighted by atomic mass is 32.2. The second-order valence-electron chi connectivity index (χ2n) is 9.19. The Hall–Kier alpha value is -1.24. The molecule has 0 bridgehead atoms. The van der Waals surface area contributed by atoms with Gasteiger partial charge in [0.15, 0.2) is 0 Å². The SMILES string of the molecule is CCN(CC)C(=O)C1CCCN(Cc2ccc3c(c2)CN(C2CCSCC2)CCO3)C1. The molecule has 0 aliphatic carbocycles. The van der Waals surface area contributed by atoms with Crippen LogP contribution in [-0.4, -0.2) is 77.5 Å². The molecule has 3 aliphatic heterocycles. The smallest absolute Gasteiger partial charge is 0.226 e. The van der Waals surface area contributed by atoms with E-state index in [1.807, 2.05) is 4.90 Å². The van der Waals surface area contributed by atoms with Gasteiger partial charge in [0.05, 0.1) is 5.92 Å². The van der Waals surface area contributed by atoms with Gasteiger partial charge in [0, 0.05) is 50.9 Å². The molecule has 0 N–H and O–H groups in total. The summed E-state index contributed by atoms with van der Waals surface area (Å²) in [5.41, 5.74) is 2.68. The fraction of sp³-hybridized carbons (Fsp3) is 0.720. The van der Waals surface area contributed by atoms with Crippen molar-refractivity contribution >= 4 is 17.7 Å². The van der Waals surface area contributed by atoms with E-state index in [-0.39, 0.29) is 5.92 Å². The summed E-state index contributed by atoms with van der Waals surface area (Å²) in [6.07, 6.45) is 4.74. The molecule has 6 heteroatoms. The summed E-state index contributed by atoms with van der Waals surface area (Å²) in [5.74, 6) is 4.13. The number of likely N-dealkylation sites (tertiary alicyclic amines) is 1. The van der Waals surface area contributed by atoms with Crippen LogP contribution in [0.25, 0.3) is 0 Å². The molecule has 2 saturated heterocycles. The van der Waals surface area contributed by atoms with Crippen molar-refractivity contribution in [2.24, 2.45) is 5.92 Å². The summed E-state index contributed by atoms with van der Waals surface area (Å²) in [6, 6.07) is 7.46. The van der Waals surface area contributed by atoms with Gasteiger partial charge in [-0.15, -0.1) is 0 Å². The van der Waals surface area contributed by atoms with Gasteiger partial charge >= 0.3 is 0 Å². The summed E-state index contributed by atoms with van der Waals surface area (Å²) in [4.78, 5) is 20.0. The fourth-order valence-corrected chi connectivity index (χ4v) is 6.46. The van der Waals surface area contributed by atoms with Crippen LogP contribution in [0.2, 0.25) is 0 Å². The normalized spacial score (nSPS) is 23.6. The third-order valence-corrected chi connectivity index (χ3v) is 8.23. The van der Waals surface area contributed by atoms with Gasteiger partial charge in [-0.1, -0.05) is 6.07 Å². The van der Waals surface area contributed by atoms with Crippen LogP contribution in [0.15, 0.2) is 18.2 Å². The van der Waals surface area contributed by atoms with E-state index >= 15 is 0 Å². The van der Waals surface area contributed by atoms with Crippen LogP contribution in [0.5, 0.6) is 5.75 Å². The topological polar surface area (TPSA) is 36.0 Å². The molecule has 1 aromatic carbocycles. The molecule has 0 saturated carbocycles. The van der Waals surface area contributed by atoms with Crippen molar-refractivity contribution in [1.82, 2.24) is 14.7 Å². The zero-order valence-electron chi connectivity index (χ0n) is 19.4. The second kappa shape index (κ2) is 11.1. The summed E-state index contributed by atoms with van der Waals surface area (Å²) in [5, 5.41) is 0. The lowest BCUT2D eigenvalue weighted by Crippen LogP contribution is -2.44. The van der Waals surface area contributed by atoms with Crippen LogP contribution in [-0.2, 0) is 17.9 Å². The molecule has 1 unspecified atom stereocenters. The second-order valence-corrected chi connectivity index (χ2v) is 10.4. The monoisotopic (exact) mass is 445 g/mol. The maximum atomic E-state index is 12.9. The number of ether oxygens (including phenoxy) is 1. The molecule has 0 radical (unpaired) electrons. The van der Waals surface area contributed by atoms with Crippen LogP contribution in [0.3, 0.4) is 0 Å². The van der Waals surface area contributed by atoms with Gasteiger partial charge in [-0.3, -0.25) is 14.6 Å². The molecule has 172 valence electrons. The van der Waals surface area contributed by atoms with Gasteiger partial charge in [0.2, 0.25) is 5.91 Å². The van der Waals surface area contributed by atoms with Crippen molar-refractivity contribution in [3.63, 3.8) is 0 Å². The molecule has 1 amide bonds. The first-order valence-corrected chi connectivity index (χ1v) is 13.4. The predicted molar refractivity (Wildman–Crippen MR) is 129 cm³/mol. The lowest BCUT2D eigenvalue weighted by atomic mass is 9.95. The van der Waals surface area contributed by atoms with Gasteiger partial charge in [0.1, 0.15) is 12.4 Å². The van der Waals surface area contributed by atoms with Crippen molar-refractivity contribution < 1.29 is 9.53 Å². The van der Waals surface area contributed by atoms with Crippen molar-refractivity contribution in [2.45, 2.75) is 58.7 Å². The Balaban J connectivity index is 1.40. The number of hydrogen-bond donors (Lipinski definition) is 0. The predicted octanol–water partition coefficient (Wildman–Crippen LogP) is 3.86. The highest BCUT2D eigenvalue weighted by Crippen LogP contribution is 2.30. The van der Waals surface area contributed by atoms with Gasteiger partial charge in [-0.05, 0) is 75.3 Å². The standard InChI is InChI=1S/C25H39N3O2S/c1-3-27(4-2)25(29)21-6-5-11-26(18-21)17-20-7-8-24-22(16-20)19-28(12-13-30-24)23-9-14-31-15-10-23/h7-8,16,21,23H,3-6,9-15,17-19H2,1-2H3. The number of rotatable bonds is 6. The Morgan fingerprint density at radius 1 is 1.16 bits per heavy atom. The molecule has 3 heterocycles. The third-order valence-electron chi connectivity index (χ3n) is 7.18. The summed E-state index contributed by atoms with van der Waals surface area (Å²) in [7, 11) is 0. The first kappa shape index (κ1) is 22.9.